The number of hydrogen-bond donors (Lipinski definition) is 3. The van der Waals surface area contributed by atoms with Crippen LogP contribution in [0.5, 0.6) is 0 Å². The smallest absolute Gasteiger partial charge is 0.228 e. The lowest BCUT2D eigenvalue weighted by Gasteiger charge is -2.07. The molecule has 1 aliphatic carbocycles. The number of hydrogen-bond acceptors (Lipinski definition) is 4. The summed E-state index contributed by atoms with van der Waals surface area (Å²) in [5.74, 6) is 0.697. The van der Waals surface area contributed by atoms with Gasteiger partial charge in [0.15, 0.2) is 0 Å². The largest absolute Gasteiger partial charge is 0.330 e. The second-order valence-corrected chi connectivity index (χ2v) is 5.70. The van der Waals surface area contributed by atoms with E-state index >= 15 is 0 Å². The van der Waals surface area contributed by atoms with Crippen LogP contribution in [0.4, 0.5) is 11.5 Å². The molecule has 0 saturated heterocycles. The van der Waals surface area contributed by atoms with Gasteiger partial charge in [0, 0.05) is 12.3 Å². The quantitative estimate of drug-likeness (QED) is 0.610. The normalized spacial score (nSPS) is 13.7. The third-order valence-electron chi connectivity index (χ3n) is 3.60. The molecule has 1 fully saturated rings. The zero-order valence-electron chi connectivity index (χ0n) is 12.8. The number of rotatable bonds is 9. The van der Waals surface area contributed by atoms with Crippen LogP contribution in [0.25, 0.3) is 0 Å². The molecule has 6 heteroatoms. The van der Waals surface area contributed by atoms with Gasteiger partial charge < -0.3 is 16.4 Å². The van der Waals surface area contributed by atoms with Crippen LogP contribution in [-0.2, 0) is 9.59 Å². The zero-order chi connectivity index (χ0) is 15.8. The first-order valence-electron chi connectivity index (χ1n) is 7.96. The van der Waals surface area contributed by atoms with Crippen molar-refractivity contribution < 1.29 is 9.59 Å². The van der Waals surface area contributed by atoms with E-state index in [9.17, 15) is 9.59 Å². The first kappa shape index (κ1) is 16.4. The summed E-state index contributed by atoms with van der Waals surface area (Å²) in [6.07, 6.45) is 7.97. The first-order valence-corrected chi connectivity index (χ1v) is 7.96. The minimum absolute atomic E-state index is 0.00989. The van der Waals surface area contributed by atoms with E-state index in [1.54, 1.807) is 18.3 Å². The summed E-state index contributed by atoms with van der Waals surface area (Å²) < 4.78 is 0. The monoisotopic (exact) mass is 304 g/mol. The zero-order valence-corrected chi connectivity index (χ0v) is 12.8. The maximum absolute atomic E-state index is 11.8. The molecule has 0 unspecified atom stereocenters. The molecular formula is C16H24N4O2. The molecule has 1 aromatic heterocycles. The molecule has 2 rings (SSSR count). The molecule has 0 aromatic carbocycles. The summed E-state index contributed by atoms with van der Waals surface area (Å²) in [5, 5.41) is 5.57. The number of anilines is 2. The number of unbranched alkanes of at least 4 members (excludes halogenated alkanes) is 3. The molecule has 4 N–H and O–H groups in total. The average molecular weight is 304 g/mol. The van der Waals surface area contributed by atoms with Gasteiger partial charge >= 0.3 is 0 Å². The second kappa shape index (κ2) is 8.48. The van der Waals surface area contributed by atoms with Crippen LogP contribution in [0.2, 0.25) is 0 Å². The predicted octanol–water partition coefficient (Wildman–Crippen LogP) is 2.28. The van der Waals surface area contributed by atoms with Crippen LogP contribution in [0.15, 0.2) is 18.3 Å². The van der Waals surface area contributed by atoms with Crippen LogP contribution in [0.3, 0.4) is 0 Å². The topological polar surface area (TPSA) is 97.1 Å². The molecule has 0 aliphatic heterocycles. The summed E-state index contributed by atoms with van der Waals surface area (Å²) in [5.41, 5.74) is 6.07. The maximum Gasteiger partial charge on any atom is 0.228 e. The number of carbonyl (C=O) groups excluding carboxylic acids is 2. The number of nitrogens with one attached hydrogen (secondary N) is 2. The highest BCUT2D eigenvalue weighted by molar-refractivity contribution is 5.94. The molecule has 1 heterocycles. The maximum atomic E-state index is 11.8. The second-order valence-electron chi connectivity index (χ2n) is 5.70. The highest BCUT2D eigenvalue weighted by Crippen LogP contribution is 2.29. The van der Waals surface area contributed by atoms with E-state index in [0.717, 1.165) is 38.5 Å². The van der Waals surface area contributed by atoms with Gasteiger partial charge in [0.05, 0.1) is 11.9 Å². The fourth-order valence-electron chi connectivity index (χ4n) is 2.12. The Balaban J connectivity index is 1.68. The molecule has 0 radical (unpaired) electrons. The van der Waals surface area contributed by atoms with Crippen molar-refractivity contribution in [1.29, 1.82) is 0 Å². The molecule has 1 aliphatic rings. The number of nitrogens with zero attached hydrogens (tertiary/aromatic N) is 1. The van der Waals surface area contributed by atoms with Crippen molar-refractivity contribution in [3.05, 3.63) is 18.3 Å². The summed E-state index contributed by atoms with van der Waals surface area (Å²) in [6, 6.07) is 3.46. The van der Waals surface area contributed by atoms with E-state index in [1.165, 1.54) is 0 Å². The fraction of sp³-hybridized carbons (Fsp3) is 0.562. The van der Waals surface area contributed by atoms with E-state index in [-0.39, 0.29) is 17.7 Å². The van der Waals surface area contributed by atoms with Crippen molar-refractivity contribution in [2.75, 3.05) is 17.2 Å². The Kier molecular flexibility index (Phi) is 6.33. The minimum Gasteiger partial charge on any atom is -0.330 e. The van der Waals surface area contributed by atoms with E-state index < -0.39 is 0 Å². The molecule has 22 heavy (non-hydrogen) atoms. The number of nitrogens with two attached hydrogens (primary N) is 1. The Hall–Kier alpha value is -1.95. The molecule has 6 nitrogen and oxygen atoms in total. The van der Waals surface area contributed by atoms with Crippen molar-refractivity contribution in [3.63, 3.8) is 0 Å². The van der Waals surface area contributed by atoms with E-state index in [0.29, 0.717) is 24.5 Å². The van der Waals surface area contributed by atoms with Gasteiger partial charge in [0.25, 0.3) is 0 Å². The van der Waals surface area contributed by atoms with Crippen LogP contribution in [0, 0.1) is 5.92 Å². The van der Waals surface area contributed by atoms with Gasteiger partial charge in [-0.1, -0.05) is 12.8 Å². The van der Waals surface area contributed by atoms with Crippen LogP contribution >= 0.6 is 0 Å². The lowest BCUT2D eigenvalue weighted by molar-refractivity contribution is -0.117. The Labute approximate surface area is 130 Å². The van der Waals surface area contributed by atoms with Gasteiger partial charge in [-0.25, -0.2) is 4.98 Å². The molecule has 1 aromatic rings. The van der Waals surface area contributed by atoms with Gasteiger partial charge in [0.1, 0.15) is 5.82 Å². The predicted molar refractivity (Wildman–Crippen MR) is 86.4 cm³/mol. The fourth-order valence-corrected chi connectivity index (χ4v) is 2.12. The number of aromatic nitrogens is 1. The Bertz CT molecular complexity index is 497. The van der Waals surface area contributed by atoms with Gasteiger partial charge in [0.2, 0.25) is 11.8 Å². The molecule has 2 amide bonds. The first-order chi connectivity index (χ1) is 10.7. The van der Waals surface area contributed by atoms with Crippen molar-refractivity contribution in [1.82, 2.24) is 4.98 Å². The summed E-state index contributed by atoms with van der Waals surface area (Å²) in [6.45, 7) is 0.710. The average Bonchev–Trinajstić information content (AvgIpc) is 3.34. The van der Waals surface area contributed by atoms with Gasteiger partial charge in [-0.15, -0.1) is 0 Å². The van der Waals surface area contributed by atoms with Gasteiger partial charge in [-0.2, -0.15) is 0 Å². The minimum atomic E-state index is -0.00989. The molecule has 0 spiro atoms. The molecule has 0 atom stereocenters. The van der Waals surface area contributed by atoms with Crippen LogP contribution < -0.4 is 16.4 Å². The highest BCUT2D eigenvalue weighted by atomic mass is 16.2. The molecule has 120 valence electrons. The Morgan fingerprint density at radius 1 is 1.14 bits per heavy atom. The molecular weight excluding hydrogens is 280 g/mol. The molecule has 1 saturated carbocycles. The van der Waals surface area contributed by atoms with Crippen LogP contribution in [-0.4, -0.2) is 23.3 Å². The third-order valence-corrected chi connectivity index (χ3v) is 3.60. The number of pyridine rings is 1. The third kappa shape index (κ3) is 5.81. The standard InChI is InChI=1S/C16H24N4O2/c17-10-4-2-1-3-5-15(21)19-13-8-9-14(18-11-13)20-16(22)12-6-7-12/h8-9,11-12H,1-7,10,17H2,(H,19,21)(H,18,20,22). The highest BCUT2D eigenvalue weighted by Gasteiger charge is 2.29. The summed E-state index contributed by atoms with van der Waals surface area (Å²) in [7, 11) is 0. The lowest BCUT2D eigenvalue weighted by atomic mass is 10.1. The SMILES string of the molecule is NCCCCCCC(=O)Nc1ccc(NC(=O)C2CC2)nc1. The Morgan fingerprint density at radius 2 is 1.91 bits per heavy atom. The summed E-state index contributed by atoms with van der Waals surface area (Å²) in [4.78, 5) is 27.5. The van der Waals surface area contributed by atoms with E-state index in [2.05, 4.69) is 15.6 Å². The van der Waals surface area contributed by atoms with Gasteiger partial charge in [-0.3, -0.25) is 9.59 Å². The number of amides is 2. The van der Waals surface area contributed by atoms with Gasteiger partial charge in [-0.05, 0) is 44.4 Å². The van der Waals surface area contributed by atoms with Crippen molar-refractivity contribution in [2.24, 2.45) is 11.7 Å². The Morgan fingerprint density at radius 3 is 2.55 bits per heavy atom. The van der Waals surface area contributed by atoms with E-state index in [4.69, 9.17) is 5.73 Å². The van der Waals surface area contributed by atoms with Crippen molar-refractivity contribution in [2.45, 2.75) is 44.9 Å². The number of carbonyl (C=O) groups is 2. The summed E-state index contributed by atoms with van der Waals surface area (Å²) >= 11 is 0. The van der Waals surface area contributed by atoms with Crippen molar-refractivity contribution >= 4 is 23.3 Å². The molecule has 0 bridgehead atoms. The lowest BCUT2D eigenvalue weighted by Crippen LogP contribution is -2.15. The van der Waals surface area contributed by atoms with Crippen LogP contribution in [0.1, 0.15) is 44.9 Å². The van der Waals surface area contributed by atoms with Crippen molar-refractivity contribution in [3.8, 4) is 0 Å². The van der Waals surface area contributed by atoms with E-state index in [1.807, 2.05) is 0 Å².